The number of rotatable bonds is 6. The minimum absolute atomic E-state index is 0.502. The molecule has 1 saturated carbocycles. The summed E-state index contributed by atoms with van der Waals surface area (Å²) in [6, 6.07) is 5.16. The number of hydrogen-bond donors (Lipinski definition) is 1. The summed E-state index contributed by atoms with van der Waals surface area (Å²) in [6.07, 6.45) is 7.17. The van der Waals surface area contributed by atoms with Gasteiger partial charge in [0.1, 0.15) is 0 Å². The lowest BCUT2D eigenvalue weighted by atomic mass is 9.95. The van der Waals surface area contributed by atoms with E-state index in [1.54, 1.807) is 0 Å². The van der Waals surface area contributed by atoms with Crippen LogP contribution in [0.15, 0.2) is 12.1 Å². The fourth-order valence-corrected chi connectivity index (χ4v) is 5.11. The lowest BCUT2D eigenvalue weighted by Gasteiger charge is -2.26. The second-order valence-electron chi connectivity index (χ2n) is 6.52. The molecule has 1 N–H and O–H groups in total. The fraction of sp³-hybridized carbons (Fsp3) is 0.684. The van der Waals surface area contributed by atoms with Crippen molar-refractivity contribution in [3.63, 3.8) is 0 Å². The molecule has 0 aromatic heterocycles. The molecule has 0 amide bonds. The summed E-state index contributed by atoms with van der Waals surface area (Å²) in [6.45, 7) is 10.00. The lowest BCUT2D eigenvalue weighted by molar-refractivity contribution is 0.514. The third-order valence-corrected chi connectivity index (χ3v) is 6.06. The molecular formula is C19H31NS. The molecule has 0 radical (unpaired) electrons. The molecule has 0 bridgehead atoms. The summed E-state index contributed by atoms with van der Waals surface area (Å²) < 4.78 is 0. The van der Waals surface area contributed by atoms with Gasteiger partial charge in [0.25, 0.3) is 0 Å². The molecule has 1 nitrogen and oxygen atoms in total. The van der Waals surface area contributed by atoms with E-state index in [0.29, 0.717) is 6.04 Å². The first-order chi connectivity index (χ1) is 10.1. The van der Waals surface area contributed by atoms with Gasteiger partial charge >= 0.3 is 0 Å². The Hall–Kier alpha value is -0.470. The Morgan fingerprint density at radius 3 is 2.29 bits per heavy atom. The van der Waals surface area contributed by atoms with Crippen LogP contribution in [0.2, 0.25) is 0 Å². The van der Waals surface area contributed by atoms with Crippen molar-refractivity contribution in [3.05, 3.63) is 34.4 Å². The van der Waals surface area contributed by atoms with Gasteiger partial charge in [-0.1, -0.05) is 43.9 Å². The van der Waals surface area contributed by atoms with E-state index < -0.39 is 0 Å². The molecule has 0 saturated heterocycles. The molecule has 1 aromatic carbocycles. The highest BCUT2D eigenvalue weighted by Gasteiger charge is 2.19. The van der Waals surface area contributed by atoms with E-state index in [1.807, 2.05) is 0 Å². The predicted octanol–water partition coefficient (Wildman–Crippen LogP) is 5.33. The Bertz CT molecular complexity index is 426. The summed E-state index contributed by atoms with van der Waals surface area (Å²) in [4.78, 5) is 0. The van der Waals surface area contributed by atoms with Crippen molar-refractivity contribution >= 4 is 11.8 Å². The minimum Gasteiger partial charge on any atom is -0.309 e. The van der Waals surface area contributed by atoms with Crippen LogP contribution in [0.4, 0.5) is 0 Å². The Morgan fingerprint density at radius 2 is 1.71 bits per heavy atom. The topological polar surface area (TPSA) is 12.0 Å². The fourth-order valence-electron chi connectivity index (χ4n) is 3.70. The number of hydrogen-bond acceptors (Lipinski definition) is 2. The van der Waals surface area contributed by atoms with Crippen molar-refractivity contribution in [1.82, 2.24) is 5.32 Å². The van der Waals surface area contributed by atoms with Crippen LogP contribution in [0, 0.1) is 20.8 Å². The van der Waals surface area contributed by atoms with Gasteiger partial charge in [0.05, 0.1) is 0 Å². The molecule has 2 rings (SSSR count). The Kier molecular flexibility index (Phi) is 6.63. The SMILES string of the molecule is CCNC(CSC1CCCCC1)c1c(C)cc(C)cc1C. The molecule has 0 spiro atoms. The smallest absolute Gasteiger partial charge is 0.0417 e. The van der Waals surface area contributed by atoms with E-state index in [9.17, 15) is 0 Å². The van der Waals surface area contributed by atoms with Gasteiger partial charge in [-0.3, -0.25) is 0 Å². The highest BCUT2D eigenvalue weighted by molar-refractivity contribution is 7.99. The van der Waals surface area contributed by atoms with Crippen molar-refractivity contribution in [2.45, 2.75) is 71.1 Å². The average Bonchev–Trinajstić information content (AvgIpc) is 2.45. The summed E-state index contributed by atoms with van der Waals surface area (Å²) in [5, 5.41) is 4.61. The first kappa shape index (κ1) is 16.9. The van der Waals surface area contributed by atoms with Gasteiger partial charge in [0.2, 0.25) is 0 Å². The second-order valence-corrected chi connectivity index (χ2v) is 7.85. The maximum absolute atomic E-state index is 3.72. The van der Waals surface area contributed by atoms with E-state index in [-0.39, 0.29) is 0 Å². The maximum atomic E-state index is 3.72. The highest BCUT2D eigenvalue weighted by Crippen LogP contribution is 2.33. The van der Waals surface area contributed by atoms with Gasteiger partial charge in [-0.2, -0.15) is 11.8 Å². The molecule has 1 aliphatic carbocycles. The lowest BCUT2D eigenvalue weighted by Crippen LogP contribution is -2.26. The van der Waals surface area contributed by atoms with Crippen molar-refractivity contribution < 1.29 is 0 Å². The minimum atomic E-state index is 0.502. The average molecular weight is 306 g/mol. The standard InChI is InChI=1S/C19H31NS/c1-5-20-18(13-21-17-9-7-6-8-10-17)19-15(3)11-14(2)12-16(19)4/h11-12,17-18,20H,5-10,13H2,1-4H3. The van der Waals surface area contributed by atoms with Crippen LogP contribution in [0.3, 0.4) is 0 Å². The van der Waals surface area contributed by atoms with Crippen LogP contribution in [-0.2, 0) is 0 Å². The number of thioether (sulfide) groups is 1. The van der Waals surface area contributed by atoms with Crippen molar-refractivity contribution in [3.8, 4) is 0 Å². The van der Waals surface area contributed by atoms with Crippen molar-refractivity contribution in [1.29, 1.82) is 0 Å². The highest BCUT2D eigenvalue weighted by atomic mass is 32.2. The molecule has 0 heterocycles. The molecule has 1 aliphatic rings. The number of nitrogens with one attached hydrogen (secondary N) is 1. The van der Waals surface area contributed by atoms with E-state index >= 15 is 0 Å². The molecule has 1 atom stereocenters. The summed E-state index contributed by atoms with van der Waals surface area (Å²) in [5.41, 5.74) is 5.81. The first-order valence-corrected chi connectivity index (χ1v) is 9.59. The van der Waals surface area contributed by atoms with E-state index in [1.165, 1.54) is 60.1 Å². The van der Waals surface area contributed by atoms with E-state index in [2.05, 4.69) is 56.9 Å². The van der Waals surface area contributed by atoms with Crippen LogP contribution in [0.5, 0.6) is 0 Å². The molecule has 0 aliphatic heterocycles. The van der Waals surface area contributed by atoms with E-state index in [0.717, 1.165) is 11.8 Å². The Morgan fingerprint density at radius 1 is 1.10 bits per heavy atom. The van der Waals surface area contributed by atoms with Gasteiger partial charge in [-0.15, -0.1) is 0 Å². The predicted molar refractivity (Wildman–Crippen MR) is 96.4 cm³/mol. The molecule has 2 heteroatoms. The zero-order valence-corrected chi connectivity index (χ0v) is 15.0. The van der Waals surface area contributed by atoms with Crippen LogP contribution in [-0.4, -0.2) is 17.5 Å². The van der Waals surface area contributed by atoms with Crippen molar-refractivity contribution in [2.75, 3.05) is 12.3 Å². The third-order valence-electron chi connectivity index (χ3n) is 4.59. The summed E-state index contributed by atoms with van der Waals surface area (Å²) in [7, 11) is 0. The van der Waals surface area contributed by atoms with Crippen LogP contribution < -0.4 is 5.32 Å². The summed E-state index contributed by atoms with van der Waals surface area (Å²) >= 11 is 2.20. The van der Waals surface area contributed by atoms with E-state index in [4.69, 9.17) is 0 Å². The first-order valence-electron chi connectivity index (χ1n) is 8.54. The third kappa shape index (κ3) is 4.75. The van der Waals surface area contributed by atoms with Gasteiger partial charge in [-0.05, 0) is 56.8 Å². The zero-order chi connectivity index (χ0) is 15.2. The molecule has 21 heavy (non-hydrogen) atoms. The second kappa shape index (κ2) is 8.24. The molecular weight excluding hydrogens is 274 g/mol. The molecule has 1 fully saturated rings. The molecule has 1 unspecified atom stereocenters. The van der Waals surface area contributed by atoms with Crippen LogP contribution >= 0.6 is 11.8 Å². The van der Waals surface area contributed by atoms with Gasteiger partial charge < -0.3 is 5.32 Å². The normalized spacial score (nSPS) is 17.9. The van der Waals surface area contributed by atoms with Gasteiger partial charge in [-0.25, -0.2) is 0 Å². The van der Waals surface area contributed by atoms with Crippen LogP contribution in [0.1, 0.15) is 67.3 Å². The number of benzene rings is 1. The van der Waals surface area contributed by atoms with Gasteiger partial charge in [0, 0.05) is 17.0 Å². The Balaban J connectivity index is 2.07. The molecule has 118 valence electrons. The van der Waals surface area contributed by atoms with Crippen LogP contribution in [0.25, 0.3) is 0 Å². The summed E-state index contributed by atoms with van der Waals surface area (Å²) in [5.74, 6) is 1.21. The largest absolute Gasteiger partial charge is 0.309 e. The molecule has 1 aromatic rings. The van der Waals surface area contributed by atoms with Crippen molar-refractivity contribution in [2.24, 2.45) is 0 Å². The zero-order valence-electron chi connectivity index (χ0n) is 14.2. The maximum Gasteiger partial charge on any atom is 0.0417 e. The number of aryl methyl sites for hydroxylation is 3. The van der Waals surface area contributed by atoms with Gasteiger partial charge in [0.15, 0.2) is 0 Å². The quantitative estimate of drug-likeness (QED) is 0.762. The monoisotopic (exact) mass is 305 g/mol. The Labute approximate surface area is 135 Å².